The van der Waals surface area contributed by atoms with E-state index >= 15 is 0 Å². The average molecular weight is 2140 g/mol. The molecule has 11 aromatic carbocycles. The molecule has 0 aliphatic heterocycles. The zero-order valence-corrected chi connectivity index (χ0v) is 81.7. The molecule has 145 heavy (non-hydrogen) atoms. The fourth-order valence-corrected chi connectivity index (χ4v) is 17.4. The smallest absolute Gasteiger partial charge is 0.450 e. The normalized spacial score (nSPS) is 12.3. The van der Waals surface area contributed by atoms with Crippen LogP contribution in [0.4, 0.5) is 48.3 Å². The van der Waals surface area contributed by atoms with Gasteiger partial charge in [-0.1, -0.05) is 341 Å². The monoisotopic (exact) mass is 2140 g/mol. The Balaban J connectivity index is -0.000000388. The van der Waals surface area contributed by atoms with Crippen LogP contribution in [0.1, 0.15) is 262 Å². The third-order valence-electron chi connectivity index (χ3n) is 21.6. The first-order valence-corrected chi connectivity index (χ1v) is 49.6. The van der Waals surface area contributed by atoms with E-state index in [1.807, 2.05) is 136 Å². The van der Waals surface area contributed by atoms with Crippen molar-refractivity contribution in [3.05, 3.63) is 337 Å². The SMILES string of the molecule is C.C.C.C.C.C.C.C.C.C.CCC(C)(C)C(=O)OC(C(F)(F)F)C(F)(F)S(=O)(=O)[O-].CCC(C)(C)C(=O)OC(C)c1ccc(-c2ccccc2)cc1.CCC(C)(C)C(=O)OC(C)c1ccc(C)cc1.CCC(C)c1ccc(O)cc1.CCC(C)c1ccc(OS(=O)(=O)C(F)(F)C(F)(F)C(F)(F)S(=O)(=O)[O-])cc1.c1ccc([S+](c2ccccc2)c2ccccc2)cc1.c1ccc([S+](c2ccccc2)c2ccccc2)cc1. The predicted octanol–water partition coefficient (Wildman–Crippen LogP) is 33.6. The molecule has 0 bridgehead atoms. The fraction of sp³-hybridized carbons (Fsp3) is 0.389. The van der Waals surface area contributed by atoms with Gasteiger partial charge in [0.1, 0.15) is 23.7 Å². The van der Waals surface area contributed by atoms with Gasteiger partial charge in [-0.15, -0.1) is 0 Å². The van der Waals surface area contributed by atoms with Gasteiger partial charge >= 0.3 is 55.9 Å². The number of benzene rings is 11. The minimum atomic E-state index is -7.33. The van der Waals surface area contributed by atoms with E-state index in [4.69, 9.17) is 14.6 Å². The van der Waals surface area contributed by atoms with Crippen LogP contribution in [0.5, 0.6) is 11.5 Å². The number of rotatable bonds is 30. The summed E-state index contributed by atoms with van der Waals surface area (Å²) in [6, 6.07) is 102. The van der Waals surface area contributed by atoms with E-state index in [1.54, 1.807) is 19.1 Å². The largest absolute Gasteiger partial charge is 0.743 e. The van der Waals surface area contributed by atoms with Crippen LogP contribution in [-0.2, 0) is 80.7 Å². The summed E-state index contributed by atoms with van der Waals surface area (Å²) in [6.45, 7) is 29.1. The maximum absolute atomic E-state index is 13.6. The third kappa shape index (κ3) is 41.8. The molecule has 5 unspecified atom stereocenters. The van der Waals surface area contributed by atoms with Crippen LogP contribution < -0.4 is 4.18 Å². The summed E-state index contributed by atoms with van der Waals surface area (Å²) in [5, 5.41) is -10.5. The molecule has 32 heteroatoms. The first kappa shape index (κ1) is 145. The van der Waals surface area contributed by atoms with Gasteiger partial charge in [-0.25, -0.2) is 16.8 Å². The van der Waals surface area contributed by atoms with Crippen molar-refractivity contribution >= 4 is 70.1 Å². The van der Waals surface area contributed by atoms with Crippen LogP contribution in [-0.4, -0.2) is 91.3 Å². The van der Waals surface area contributed by atoms with Crippen LogP contribution in [0, 0.1) is 23.2 Å². The summed E-state index contributed by atoms with van der Waals surface area (Å²) in [6.07, 6.45) is -7.38. The number of halogens is 11. The standard InChI is InChI=1S/C20H24O2.2C18H15S.C15H22O2.C13H14F6O6S2.C10H14O.C9H13F5O5S.10CH4/c1-5-20(3,4)19(21)22-15(2)16-11-13-18(14-12-16)17-9-7-6-8-10-17;2*1-4-10-16(11-5-1)19(17-12-6-2-7-13-17)18-14-8-3-9-15-18;1-6-15(4,5)14(16)17-12(3)13-9-7-11(2)8-10-13;1-3-8(2)9-4-6-10(7-5-9)25-27(23,24)13(18,19)11(14,15)12(16,17)26(20,21)22;1-3-8(2)9-4-6-10(11)7-5-9;1-4-7(2,3)6(15)19-5(8(10,11)12)9(13,14)20(16,17)18;;;;;;;;;;/h6-15H,5H2,1-4H3;2*1-15H;7-10,12H,6H2,1-5H3;4-8H,3H2,1-2H3,(H,20,21,22);4-8,11H,3H2,1-2H3;5H,4H2,1-3H3,(H,16,17,18);10*1H4/q;2*+1;;;;;;;;;;;;;;/p-2. The van der Waals surface area contributed by atoms with Gasteiger partial charge in [-0.3, -0.25) is 14.4 Å². The van der Waals surface area contributed by atoms with Crippen molar-refractivity contribution in [1.82, 2.24) is 0 Å². The second-order valence-corrected chi connectivity index (χ2v) is 41.4. The van der Waals surface area contributed by atoms with Gasteiger partial charge in [0.25, 0.3) is 6.10 Å². The molecule has 810 valence electrons. The number of carbonyl (C=O) groups excluding carboxylic acids is 3. The molecule has 0 heterocycles. The number of phenolic OH excluding ortho intramolecular Hbond substituents is 1. The molecule has 16 nitrogen and oxygen atoms in total. The van der Waals surface area contributed by atoms with Gasteiger partial charge in [-0.2, -0.15) is 56.7 Å². The summed E-state index contributed by atoms with van der Waals surface area (Å²) in [5.74, 6) is -9.06. The fourth-order valence-electron chi connectivity index (χ4n) is 11.3. The lowest BCUT2D eigenvalue weighted by Gasteiger charge is -2.32. The van der Waals surface area contributed by atoms with E-state index in [-0.39, 0.29) is 133 Å². The number of aromatic hydroxyl groups is 1. The highest BCUT2D eigenvalue weighted by Gasteiger charge is 2.81. The van der Waals surface area contributed by atoms with E-state index in [9.17, 15) is 97.0 Å². The van der Waals surface area contributed by atoms with E-state index in [1.165, 1.54) is 65.1 Å². The first-order valence-electron chi connectivity index (χ1n) is 42.9. The Kier molecular flexibility index (Phi) is 64.2. The highest BCUT2D eigenvalue weighted by Crippen LogP contribution is 2.51. The number of alkyl halides is 11. The van der Waals surface area contributed by atoms with Crippen molar-refractivity contribution in [3.8, 4) is 22.6 Å². The van der Waals surface area contributed by atoms with Crippen molar-refractivity contribution in [3.63, 3.8) is 0 Å². The van der Waals surface area contributed by atoms with Crippen LogP contribution in [0.15, 0.2) is 339 Å². The Hall–Kier alpha value is -10.9. The van der Waals surface area contributed by atoms with E-state index in [2.05, 4.69) is 229 Å². The van der Waals surface area contributed by atoms with Crippen molar-refractivity contribution in [1.29, 1.82) is 0 Å². The number of hydrogen-bond donors (Lipinski definition) is 1. The molecule has 0 amide bonds. The number of phenols is 1. The number of esters is 3. The van der Waals surface area contributed by atoms with Crippen molar-refractivity contribution in [2.24, 2.45) is 16.2 Å². The van der Waals surface area contributed by atoms with Crippen LogP contribution in [0.2, 0.25) is 0 Å². The maximum atomic E-state index is 13.6. The quantitative estimate of drug-likeness (QED) is 0.0110. The average Bonchev–Trinajstić information content (AvgIpc) is 0.719. The summed E-state index contributed by atoms with van der Waals surface area (Å²) >= 11 is 0. The Morgan fingerprint density at radius 1 is 0.331 bits per heavy atom. The molecule has 1 N–H and O–H groups in total. The van der Waals surface area contributed by atoms with Gasteiger partial charge in [-0.05, 0) is 237 Å². The van der Waals surface area contributed by atoms with Crippen molar-refractivity contribution < 1.29 is 121 Å². The molecule has 0 aliphatic rings. The molecule has 0 radical (unpaired) electrons. The number of hydrogen-bond acceptors (Lipinski definition) is 16. The molecule has 0 spiro atoms. The Morgan fingerprint density at radius 3 is 0.821 bits per heavy atom. The highest BCUT2D eigenvalue weighted by atomic mass is 32.2. The van der Waals surface area contributed by atoms with E-state index in [0.717, 1.165) is 61.9 Å². The summed E-state index contributed by atoms with van der Waals surface area (Å²) in [5.41, 5.74) is 5.14. The molecule has 0 saturated heterocycles. The van der Waals surface area contributed by atoms with Gasteiger partial charge < -0.3 is 32.6 Å². The van der Waals surface area contributed by atoms with Crippen LogP contribution in [0.25, 0.3) is 11.1 Å². The molecule has 0 aromatic heterocycles. The maximum Gasteiger partial charge on any atom is 0.450 e. The minimum absolute atomic E-state index is 0. The Bertz CT molecular complexity index is 5490. The molecule has 11 rings (SSSR count). The topological polar surface area (TPSA) is 257 Å². The third-order valence-corrected chi connectivity index (χ3v) is 29.2. The lowest BCUT2D eigenvalue weighted by molar-refractivity contribution is -0.262. The predicted molar refractivity (Wildman–Crippen MR) is 571 cm³/mol. The lowest BCUT2D eigenvalue weighted by Crippen LogP contribution is -2.61. The number of aryl methyl sites for hydroxylation is 1. The minimum Gasteiger partial charge on any atom is -0.743 e. The Morgan fingerprint density at radius 2 is 0.572 bits per heavy atom. The number of ether oxygens (including phenoxy) is 3. The highest BCUT2D eigenvalue weighted by molar-refractivity contribution is 7.97. The van der Waals surface area contributed by atoms with Crippen LogP contribution >= 0.6 is 0 Å². The second kappa shape index (κ2) is 64.3. The molecule has 0 aliphatic carbocycles. The second-order valence-electron chi connectivity index (χ2n) is 32.9. The van der Waals surface area contributed by atoms with Gasteiger partial charge in [0, 0.05) is 0 Å². The van der Waals surface area contributed by atoms with Crippen molar-refractivity contribution in [2.45, 2.75) is 305 Å². The molecule has 0 saturated carbocycles. The van der Waals surface area contributed by atoms with Crippen LogP contribution in [0.3, 0.4) is 0 Å². The van der Waals surface area contributed by atoms with E-state index in [0.29, 0.717) is 23.7 Å². The number of carbonyl (C=O) groups is 3. The summed E-state index contributed by atoms with van der Waals surface area (Å²) < 4.78 is 246. The van der Waals surface area contributed by atoms with Crippen molar-refractivity contribution in [2.75, 3.05) is 0 Å². The van der Waals surface area contributed by atoms with Gasteiger partial charge in [0.2, 0.25) is 0 Å². The summed E-state index contributed by atoms with van der Waals surface area (Å²) in [4.78, 5) is 43.6. The van der Waals surface area contributed by atoms with E-state index < -0.39 is 92.3 Å². The first-order chi connectivity index (χ1) is 62.9. The molecule has 5 atom stereocenters. The zero-order valence-electron chi connectivity index (χ0n) is 77.6. The molecular formula is C113H155F11O16S5. The summed E-state index contributed by atoms with van der Waals surface area (Å²) in [7, 11) is -20.8. The Labute approximate surface area is 865 Å². The molecule has 0 fully saturated rings. The van der Waals surface area contributed by atoms with Gasteiger partial charge in [0.15, 0.2) is 49.6 Å². The zero-order chi connectivity index (χ0) is 101. The molecular weight excluding hydrogens is 1980 g/mol. The van der Waals surface area contributed by atoms with Gasteiger partial charge in [0.05, 0.1) is 38.0 Å². The molecule has 11 aromatic rings. The lowest BCUT2D eigenvalue weighted by atomic mass is 9.90.